The van der Waals surface area contributed by atoms with E-state index in [1.807, 2.05) is 47.9 Å². The number of rotatable bonds is 7. The van der Waals surface area contributed by atoms with Gasteiger partial charge in [-0.3, -0.25) is 9.59 Å². The second kappa shape index (κ2) is 14.3. The minimum Gasteiger partial charge on any atom is -0.497 e. The van der Waals surface area contributed by atoms with Gasteiger partial charge in [0.05, 0.1) is 13.5 Å². The van der Waals surface area contributed by atoms with Gasteiger partial charge in [-0.1, -0.05) is 39.8 Å². The standard InChI is InChI=1S/C31H44FN3O3/c1-23(2)18-31(37)35-17-7-15-33(21-24(3)4)14-6-16-34(22-26-20-27(32)10-13-29(26)35)30(36)19-25-8-11-28(38-5)12-9-25/h8-13,20,23-24H,6-7,14-19,21-22H2,1-5H3. The van der Waals surface area contributed by atoms with Crippen LogP contribution in [0.4, 0.5) is 10.1 Å². The number of hydrogen-bond acceptors (Lipinski definition) is 4. The number of amides is 2. The van der Waals surface area contributed by atoms with Crippen LogP contribution in [0.5, 0.6) is 5.75 Å². The Bertz CT molecular complexity index is 1050. The molecule has 1 heterocycles. The van der Waals surface area contributed by atoms with Crippen LogP contribution in [0, 0.1) is 17.7 Å². The summed E-state index contributed by atoms with van der Waals surface area (Å²) in [6.07, 6.45) is 2.35. The monoisotopic (exact) mass is 525 g/mol. The average Bonchev–Trinajstić information content (AvgIpc) is 2.85. The third-order valence-corrected chi connectivity index (χ3v) is 6.83. The summed E-state index contributed by atoms with van der Waals surface area (Å²) in [5.41, 5.74) is 2.27. The zero-order valence-electron chi connectivity index (χ0n) is 23.7. The number of benzene rings is 2. The van der Waals surface area contributed by atoms with Gasteiger partial charge in [0, 0.05) is 38.3 Å². The third kappa shape index (κ3) is 8.83. The molecule has 2 amide bonds. The van der Waals surface area contributed by atoms with Gasteiger partial charge >= 0.3 is 0 Å². The van der Waals surface area contributed by atoms with Crippen LogP contribution in [-0.4, -0.2) is 61.4 Å². The molecule has 0 N–H and O–H groups in total. The Hall–Kier alpha value is -2.93. The van der Waals surface area contributed by atoms with Gasteiger partial charge in [-0.15, -0.1) is 0 Å². The molecule has 0 bridgehead atoms. The number of hydrogen-bond donors (Lipinski definition) is 0. The van der Waals surface area contributed by atoms with E-state index in [0.29, 0.717) is 36.7 Å². The summed E-state index contributed by atoms with van der Waals surface area (Å²) in [5, 5.41) is 0. The van der Waals surface area contributed by atoms with Gasteiger partial charge in [0.25, 0.3) is 0 Å². The SMILES string of the molecule is COc1ccc(CC(=O)N2CCCN(CC(C)C)CCCN(C(=O)CC(C)C)c3ccc(F)cc3C2)cc1. The normalized spacial score (nSPS) is 15.7. The van der Waals surface area contributed by atoms with Gasteiger partial charge in [0.15, 0.2) is 0 Å². The molecule has 38 heavy (non-hydrogen) atoms. The van der Waals surface area contributed by atoms with Crippen LogP contribution in [0.25, 0.3) is 0 Å². The lowest BCUT2D eigenvalue weighted by atomic mass is 10.1. The molecule has 0 aliphatic carbocycles. The van der Waals surface area contributed by atoms with Crippen LogP contribution in [-0.2, 0) is 22.6 Å². The predicted molar refractivity (Wildman–Crippen MR) is 151 cm³/mol. The van der Waals surface area contributed by atoms with Crippen LogP contribution >= 0.6 is 0 Å². The topological polar surface area (TPSA) is 53.1 Å². The first-order chi connectivity index (χ1) is 18.2. The maximum Gasteiger partial charge on any atom is 0.227 e. The summed E-state index contributed by atoms with van der Waals surface area (Å²) in [7, 11) is 1.62. The predicted octanol–water partition coefficient (Wildman–Crippen LogP) is 5.54. The number of methoxy groups -OCH3 is 1. The molecule has 1 aliphatic rings. The van der Waals surface area contributed by atoms with Crippen LogP contribution in [0.3, 0.4) is 0 Å². The van der Waals surface area contributed by atoms with Gasteiger partial charge in [0.2, 0.25) is 11.8 Å². The molecule has 2 aromatic rings. The summed E-state index contributed by atoms with van der Waals surface area (Å²) < 4.78 is 19.7. The molecule has 1 aliphatic heterocycles. The largest absolute Gasteiger partial charge is 0.497 e. The van der Waals surface area contributed by atoms with E-state index in [1.54, 1.807) is 13.2 Å². The molecular weight excluding hydrogens is 481 g/mol. The van der Waals surface area contributed by atoms with Crippen molar-refractivity contribution in [2.24, 2.45) is 11.8 Å². The summed E-state index contributed by atoms with van der Waals surface area (Å²) in [5.74, 6) is 1.14. The van der Waals surface area contributed by atoms with E-state index in [4.69, 9.17) is 4.74 Å². The van der Waals surface area contributed by atoms with E-state index in [9.17, 15) is 14.0 Å². The fourth-order valence-corrected chi connectivity index (χ4v) is 5.06. The van der Waals surface area contributed by atoms with Crippen molar-refractivity contribution in [3.05, 3.63) is 59.4 Å². The smallest absolute Gasteiger partial charge is 0.227 e. The highest BCUT2D eigenvalue weighted by Crippen LogP contribution is 2.26. The molecule has 0 spiro atoms. The van der Waals surface area contributed by atoms with Crippen molar-refractivity contribution in [2.45, 2.75) is 59.9 Å². The molecule has 2 aromatic carbocycles. The number of anilines is 1. The summed E-state index contributed by atoms with van der Waals surface area (Å²) in [6.45, 7) is 12.6. The Morgan fingerprint density at radius 2 is 1.58 bits per heavy atom. The Morgan fingerprint density at radius 3 is 2.21 bits per heavy atom. The lowest BCUT2D eigenvalue weighted by Gasteiger charge is -2.32. The van der Waals surface area contributed by atoms with Crippen molar-refractivity contribution in [2.75, 3.05) is 44.7 Å². The molecule has 0 unspecified atom stereocenters. The zero-order chi connectivity index (χ0) is 27.7. The molecule has 0 aromatic heterocycles. The third-order valence-electron chi connectivity index (χ3n) is 6.83. The molecule has 208 valence electrons. The Kier molecular flexibility index (Phi) is 11.1. The van der Waals surface area contributed by atoms with Gasteiger partial charge in [0.1, 0.15) is 11.6 Å². The van der Waals surface area contributed by atoms with Crippen LogP contribution < -0.4 is 9.64 Å². The number of halogens is 1. The van der Waals surface area contributed by atoms with Crippen molar-refractivity contribution in [3.63, 3.8) is 0 Å². The van der Waals surface area contributed by atoms with Crippen molar-refractivity contribution < 1.29 is 18.7 Å². The molecule has 7 heteroatoms. The highest BCUT2D eigenvalue weighted by molar-refractivity contribution is 5.94. The molecule has 0 saturated carbocycles. The summed E-state index contributed by atoms with van der Waals surface area (Å²) in [4.78, 5) is 33.0. The first kappa shape index (κ1) is 29.6. The fourth-order valence-electron chi connectivity index (χ4n) is 5.06. The maximum atomic E-state index is 14.5. The number of fused-ring (bicyclic) bond motifs is 1. The Balaban J connectivity index is 1.94. The van der Waals surface area contributed by atoms with Gasteiger partial charge in [-0.05, 0) is 79.2 Å². The number of carbonyl (C=O) groups is 2. The molecule has 0 radical (unpaired) electrons. The molecule has 3 rings (SSSR count). The van der Waals surface area contributed by atoms with E-state index < -0.39 is 0 Å². The van der Waals surface area contributed by atoms with E-state index >= 15 is 0 Å². The Labute approximate surface area is 227 Å². The fraction of sp³-hybridized carbons (Fsp3) is 0.548. The first-order valence-electron chi connectivity index (χ1n) is 13.9. The lowest BCUT2D eigenvalue weighted by molar-refractivity contribution is -0.131. The Morgan fingerprint density at radius 1 is 0.895 bits per heavy atom. The molecule has 6 nitrogen and oxygen atoms in total. The van der Waals surface area contributed by atoms with Gasteiger partial charge < -0.3 is 19.4 Å². The lowest BCUT2D eigenvalue weighted by Crippen LogP contribution is -2.40. The van der Waals surface area contributed by atoms with Crippen molar-refractivity contribution >= 4 is 17.5 Å². The number of ether oxygens (including phenoxy) is 1. The molecule has 0 saturated heterocycles. The van der Waals surface area contributed by atoms with Crippen molar-refractivity contribution in [1.29, 1.82) is 0 Å². The summed E-state index contributed by atoms with van der Waals surface area (Å²) >= 11 is 0. The quantitative estimate of drug-likeness (QED) is 0.477. The van der Waals surface area contributed by atoms with Gasteiger partial charge in [-0.2, -0.15) is 0 Å². The highest BCUT2D eigenvalue weighted by atomic mass is 19.1. The molecule has 0 atom stereocenters. The molecule has 0 fully saturated rings. The second-order valence-corrected chi connectivity index (χ2v) is 11.2. The first-order valence-corrected chi connectivity index (χ1v) is 13.9. The number of nitrogens with zero attached hydrogens (tertiary/aromatic N) is 3. The maximum absolute atomic E-state index is 14.5. The van der Waals surface area contributed by atoms with Crippen LogP contribution in [0.1, 0.15) is 58.1 Å². The van der Waals surface area contributed by atoms with Crippen LogP contribution in [0.2, 0.25) is 0 Å². The van der Waals surface area contributed by atoms with Crippen LogP contribution in [0.15, 0.2) is 42.5 Å². The van der Waals surface area contributed by atoms with Crippen molar-refractivity contribution in [3.8, 4) is 5.75 Å². The van der Waals surface area contributed by atoms with E-state index in [0.717, 1.165) is 43.8 Å². The second-order valence-electron chi connectivity index (χ2n) is 11.2. The summed E-state index contributed by atoms with van der Waals surface area (Å²) in [6, 6.07) is 12.1. The van der Waals surface area contributed by atoms with Crippen molar-refractivity contribution in [1.82, 2.24) is 9.80 Å². The van der Waals surface area contributed by atoms with Gasteiger partial charge in [-0.25, -0.2) is 4.39 Å². The van der Waals surface area contributed by atoms with E-state index in [1.165, 1.54) is 12.1 Å². The minimum atomic E-state index is -0.363. The highest BCUT2D eigenvalue weighted by Gasteiger charge is 2.24. The molecular formula is C31H44FN3O3. The average molecular weight is 526 g/mol. The zero-order valence-corrected chi connectivity index (χ0v) is 23.7. The van der Waals surface area contributed by atoms with E-state index in [-0.39, 0.29) is 36.5 Å². The minimum absolute atomic E-state index is 0.0158. The van der Waals surface area contributed by atoms with E-state index in [2.05, 4.69) is 18.7 Å². The number of carbonyl (C=O) groups excluding carboxylic acids is 2.